The largest absolute Gasteiger partial charge is 0.335 e. The fourth-order valence-corrected chi connectivity index (χ4v) is 2.39. The van der Waals surface area contributed by atoms with Crippen molar-refractivity contribution in [2.75, 3.05) is 6.26 Å². The monoisotopic (exact) mass is 274 g/mol. The normalized spacial score (nSPS) is 11.8. The standard InChI is InChI=1S/C12H10N4O2S/c1-19(17,18)9-4-2-8(3-5-9)11-15-10-6-13-7-14-12(10)16-11/h2-7H,1H3,(H,13,14,15,16). The molecule has 0 saturated carbocycles. The van der Waals surface area contributed by atoms with Gasteiger partial charge in [0.15, 0.2) is 15.5 Å². The van der Waals surface area contributed by atoms with Gasteiger partial charge in [-0.1, -0.05) is 0 Å². The second kappa shape index (κ2) is 4.13. The second-order valence-corrected chi connectivity index (χ2v) is 6.16. The van der Waals surface area contributed by atoms with Gasteiger partial charge >= 0.3 is 0 Å². The number of aromatic nitrogens is 4. The van der Waals surface area contributed by atoms with Crippen molar-refractivity contribution in [2.45, 2.75) is 4.90 Å². The third kappa shape index (κ3) is 2.19. The van der Waals surface area contributed by atoms with Crippen LogP contribution in [0.2, 0.25) is 0 Å². The molecule has 96 valence electrons. The van der Waals surface area contributed by atoms with Crippen molar-refractivity contribution in [3.63, 3.8) is 0 Å². The van der Waals surface area contributed by atoms with Crippen molar-refractivity contribution >= 4 is 21.0 Å². The molecule has 7 heteroatoms. The summed E-state index contributed by atoms with van der Waals surface area (Å²) in [5.41, 5.74) is 2.12. The van der Waals surface area contributed by atoms with Crippen molar-refractivity contribution in [1.29, 1.82) is 0 Å². The first-order valence-corrected chi connectivity index (χ1v) is 7.39. The fraction of sp³-hybridized carbons (Fsp3) is 0.0833. The molecule has 0 spiro atoms. The summed E-state index contributed by atoms with van der Waals surface area (Å²) in [5.74, 6) is 0.635. The zero-order valence-electron chi connectivity index (χ0n) is 10.0. The molecule has 0 aliphatic rings. The van der Waals surface area contributed by atoms with Crippen molar-refractivity contribution in [1.82, 2.24) is 19.9 Å². The van der Waals surface area contributed by atoms with Gasteiger partial charge in [0.05, 0.1) is 11.1 Å². The Morgan fingerprint density at radius 2 is 1.89 bits per heavy atom. The maximum absolute atomic E-state index is 11.4. The summed E-state index contributed by atoms with van der Waals surface area (Å²) in [6, 6.07) is 6.54. The molecule has 6 nitrogen and oxygen atoms in total. The van der Waals surface area contributed by atoms with Gasteiger partial charge in [-0.15, -0.1) is 0 Å². The summed E-state index contributed by atoms with van der Waals surface area (Å²) < 4.78 is 22.8. The molecule has 0 amide bonds. The number of hydrogen-bond acceptors (Lipinski definition) is 5. The molecule has 1 aromatic carbocycles. The van der Waals surface area contributed by atoms with Gasteiger partial charge in [-0.2, -0.15) is 0 Å². The summed E-state index contributed by atoms with van der Waals surface area (Å²) in [5, 5.41) is 0. The van der Waals surface area contributed by atoms with E-state index >= 15 is 0 Å². The molecule has 0 bridgehead atoms. The van der Waals surface area contributed by atoms with Crippen LogP contribution in [-0.4, -0.2) is 34.6 Å². The van der Waals surface area contributed by atoms with Crippen molar-refractivity contribution in [3.05, 3.63) is 36.8 Å². The SMILES string of the molecule is CS(=O)(=O)c1ccc(-c2nc3ncncc3[nH]2)cc1. The van der Waals surface area contributed by atoms with E-state index in [0.29, 0.717) is 11.5 Å². The van der Waals surface area contributed by atoms with Crippen molar-refractivity contribution in [2.24, 2.45) is 0 Å². The minimum atomic E-state index is -3.18. The predicted molar refractivity (Wildman–Crippen MR) is 70.2 cm³/mol. The van der Waals surface area contributed by atoms with Gasteiger partial charge in [-0.05, 0) is 24.3 Å². The summed E-state index contributed by atoms with van der Waals surface area (Å²) in [6.07, 6.45) is 4.25. The summed E-state index contributed by atoms with van der Waals surface area (Å²) >= 11 is 0. The third-order valence-electron chi connectivity index (χ3n) is 2.72. The van der Waals surface area contributed by atoms with Crippen LogP contribution in [0.25, 0.3) is 22.6 Å². The number of imidazole rings is 1. The smallest absolute Gasteiger partial charge is 0.181 e. The number of H-pyrrole nitrogens is 1. The molecule has 0 atom stereocenters. The highest BCUT2D eigenvalue weighted by atomic mass is 32.2. The Morgan fingerprint density at radius 1 is 1.16 bits per heavy atom. The van der Waals surface area contributed by atoms with Crippen LogP contribution in [0.15, 0.2) is 41.7 Å². The highest BCUT2D eigenvalue weighted by Gasteiger charge is 2.09. The first kappa shape index (κ1) is 11.8. The van der Waals surface area contributed by atoms with Gasteiger partial charge in [-0.3, -0.25) is 0 Å². The van der Waals surface area contributed by atoms with Crippen molar-refractivity contribution in [3.8, 4) is 11.4 Å². The van der Waals surface area contributed by atoms with Crippen LogP contribution in [0.3, 0.4) is 0 Å². The molecule has 2 aromatic heterocycles. The van der Waals surface area contributed by atoms with E-state index in [9.17, 15) is 8.42 Å². The van der Waals surface area contributed by atoms with Crippen molar-refractivity contribution < 1.29 is 8.42 Å². The number of nitrogens with one attached hydrogen (secondary N) is 1. The Labute approximate surface area is 109 Å². The number of hydrogen-bond donors (Lipinski definition) is 1. The van der Waals surface area contributed by atoms with Gasteiger partial charge in [0.2, 0.25) is 0 Å². The van der Waals surface area contributed by atoms with Crippen LogP contribution in [0, 0.1) is 0 Å². The quantitative estimate of drug-likeness (QED) is 0.763. The molecule has 3 rings (SSSR count). The van der Waals surface area contributed by atoms with E-state index in [1.54, 1.807) is 30.5 Å². The van der Waals surface area contributed by atoms with E-state index in [0.717, 1.165) is 11.1 Å². The van der Waals surface area contributed by atoms with Crippen LogP contribution in [0.4, 0.5) is 0 Å². The maximum Gasteiger partial charge on any atom is 0.181 e. The molecule has 0 fully saturated rings. The molecule has 0 radical (unpaired) electrons. The number of benzene rings is 1. The van der Waals surface area contributed by atoms with E-state index < -0.39 is 9.84 Å². The predicted octanol–water partition coefficient (Wildman–Crippen LogP) is 1.42. The molecule has 0 unspecified atom stereocenters. The zero-order valence-corrected chi connectivity index (χ0v) is 10.8. The lowest BCUT2D eigenvalue weighted by molar-refractivity contribution is 0.602. The molecule has 0 aliphatic heterocycles. The van der Waals surface area contributed by atoms with Crippen LogP contribution >= 0.6 is 0 Å². The molecule has 0 saturated heterocycles. The van der Waals surface area contributed by atoms with E-state index in [1.165, 1.54) is 12.6 Å². The lowest BCUT2D eigenvalue weighted by Gasteiger charge is -1.99. The number of rotatable bonds is 2. The fourth-order valence-electron chi connectivity index (χ4n) is 1.76. The van der Waals surface area contributed by atoms with Crippen LogP contribution in [0.1, 0.15) is 0 Å². The highest BCUT2D eigenvalue weighted by molar-refractivity contribution is 7.90. The minimum absolute atomic E-state index is 0.284. The first-order valence-electron chi connectivity index (χ1n) is 5.50. The molecule has 19 heavy (non-hydrogen) atoms. The number of nitrogens with zero attached hydrogens (tertiary/aromatic N) is 3. The molecular formula is C12H10N4O2S. The van der Waals surface area contributed by atoms with Crippen LogP contribution in [-0.2, 0) is 9.84 Å². The van der Waals surface area contributed by atoms with E-state index in [2.05, 4.69) is 19.9 Å². The number of fused-ring (bicyclic) bond motifs is 1. The zero-order chi connectivity index (χ0) is 13.5. The van der Waals surface area contributed by atoms with E-state index in [-0.39, 0.29) is 4.90 Å². The topological polar surface area (TPSA) is 88.6 Å². The van der Waals surface area contributed by atoms with E-state index in [4.69, 9.17) is 0 Å². The maximum atomic E-state index is 11.4. The second-order valence-electron chi connectivity index (χ2n) is 4.14. The van der Waals surface area contributed by atoms with Crippen LogP contribution < -0.4 is 0 Å². The molecule has 3 aromatic rings. The molecule has 0 aliphatic carbocycles. The average molecular weight is 274 g/mol. The summed E-state index contributed by atoms with van der Waals surface area (Å²) in [7, 11) is -3.18. The Balaban J connectivity index is 2.07. The lowest BCUT2D eigenvalue weighted by atomic mass is 10.2. The Kier molecular flexibility index (Phi) is 2.56. The third-order valence-corrected chi connectivity index (χ3v) is 3.85. The highest BCUT2D eigenvalue weighted by Crippen LogP contribution is 2.20. The van der Waals surface area contributed by atoms with Gasteiger partial charge < -0.3 is 4.98 Å². The number of sulfone groups is 1. The van der Waals surface area contributed by atoms with Gasteiger partial charge in [0, 0.05) is 11.8 Å². The Bertz CT molecular complexity index is 805. The Hall–Kier alpha value is -2.28. The average Bonchev–Trinajstić information content (AvgIpc) is 2.81. The van der Waals surface area contributed by atoms with Gasteiger partial charge in [0.25, 0.3) is 0 Å². The summed E-state index contributed by atoms with van der Waals surface area (Å²) in [4.78, 5) is 15.6. The molecular weight excluding hydrogens is 264 g/mol. The molecule has 2 heterocycles. The molecule has 1 N–H and O–H groups in total. The lowest BCUT2D eigenvalue weighted by Crippen LogP contribution is -1.96. The van der Waals surface area contributed by atoms with Gasteiger partial charge in [-0.25, -0.2) is 23.4 Å². The number of aromatic amines is 1. The van der Waals surface area contributed by atoms with Crippen LogP contribution in [0.5, 0.6) is 0 Å². The minimum Gasteiger partial charge on any atom is -0.335 e. The van der Waals surface area contributed by atoms with Gasteiger partial charge in [0.1, 0.15) is 17.7 Å². The Morgan fingerprint density at radius 3 is 2.53 bits per heavy atom. The van der Waals surface area contributed by atoms with E-state index in [1.807, 2.05) is 0 Å². The first-order chi connectivity index (χ1) is 9.04. The summed E-state index contributed by atoms with van der Waals surface area (Å²) in [6.45, 7) is 0.